The second-order valence-electron chi connectivity index (χ2n) is 6.91. The molecule has 3 rings (SSSR count). The number of hydrogen-bond donors (Lipinski definition) is 3. The molecule has 0 atom stereocenters. The van der Waals surface area contributed by atoms with Gasteiger partial charge in [0.15, 0.2) is 5.82 Å². The number of aromatic nitrogens is 2. The summed E-state index contributed by atoms with van der Waals surface area (Å²) in [4.78, 5) is 12.5. The number of benzene rings is 2. The molecule has 0 aliphatic rings. The van der Waals surface area contributed by atoms with E-state index in [1.54, 1.807) is 18.2 Å². The Hall–Kier alpha value is -3.13. The normalized spacial score (nSPS) is 11.3. The zero-order valence-corrected chi connectivity index (χ0v) is 17.4. The van der Waals surface area contributed by atoms with E-state index < -0.39 is 10.0 Å². The number of hydrogen-bond acceptors (Lipinski definition) is 4. The van der Waals surface area contributed by atoms with Gasteiger partial charge in [-0.15, -0.1) is 0 Å². The molecule has 0 aliphatic carbocycles. The van der Waals surface area contributed by atoms with Crippen molar-refractivity contribution in [2.45, 2.75) is 38.5 Å². The summed E-state index contributed by atoms with van der Waals surface area (Å²) in [6, 6.07) is 12.9. The number of anilines is 2. The van der Waals surface area contributed by atoms with E-state index in [-0.39, 0.29) is 10.8 Å². The second kappa shape index (κ2) is 8.48. The molecule has 1 amide bonds. The van der Waals surface area contributed by atoms with Gasteiger partial charge in [-0.2, -0.15) is 5.10 Å². The van der Waals surface area contributed by atoms with Crippen LogP contribution >= 0.6 is 0 Å². The number of nitrogens with zero attached hydrogens (tertiary/aromatic N) is 1. The highest BCUT2D eigenvalue weighted by atomic mass is 32.2. The molecule has 3 aromatic rings. The highest BCUT2D eigenvalue weighted by Gasteiger charge is 2.16. The minimum absolute atomic E-state index is 0.0808. The molecule has 0 bridgehead atoms. The number of H-pyrrole nitrogens is 1. The molecule has 152 valence electrons. The second-order valence-corrected chi connectivity index (χ2v) is 8.59. The van der Waals surface area contributed by atoms with Gasteiger partial charge in [-0.3, -0.25) is 14.6 Å². The van der Waals surface area contributed by atoms with Crippen LogP contribution in [0.15, 0.2) is 53.4 Å². The van der Waals surface area contributed by atoms with Crippen molar-refractivity contribution in [3.8, 4) is 0 Å². The minimum atomic E-state index is -3.75. The number of rotatable bonds is 7. The number of sulfonamides is 1. The van der Waals surface area contributed by atoms with E-state index in [4.69, 9.17) is 0 Å². The first kappa shape index (κ1) is 20.6. The lowest BCUT2D eigenvalue weighted by atomic mass is 10.1. The van der Waals surface area contributed by atoms with Gasteiger partial charge in [-0.1, -0.05) is 19.4 Å². The summed E-state index contributed by atoms with van der Waals surface area (Å²) >= 11 is 0. The maximum atomic E-state index is 12.6. The van der Waals surface area contributed by atoms with Gasteiger partial charge in [0.1, 0.15) is 0 Å². The predicted octanol–water partition coefficient (Wildman–Crippen LogP) is 4.03. The van der Waals surface area contributed by atoms with Crippen molar-refractivity contribution in [3.05, 3.63) is 70.9 Å². The Morgan fingerprint density at radius 1 is 1.03 bits per heavy atom. The van der Waals surface area contributed by atoms with Gasteiger partial charge in [-0.05, 0) is 67.8 Å². The van der Waals surface area contributed by atoms with E-state index in [1.807, 2.05) is 19.9 Å². The lowest BCUT2D eigenvalue weighted by Crippen LogP contribution is -2.15. The number of aromatic amines is 1. The van der Waals surface area contributed by atoms with Crippen LogP contribution in [0.5, 0.6) is 0 Å². The molecular formula is C21H24N4O3S. The van der Waals surface area contributed by atoms with Gasteiger partial charge in [0, 0.05) is 23.0 Å². The Morgan fingerprint density at radius 2 is 1.76 bits per heavy atom. The van der Waals surface area contributed by atoms with Crippen LogP contribution in [-0.2, 0) is 16.4 Å². The SMILES string of the molecule is CCCc1cc(NC(=O)c2ccc(S(=O)(=O)Nc3ccc(C)c(C)c3)cc2)n[nH]1. The van der Waals surface area contributed by atoms with Gasteiger partial charge in [0.2, 0.25) is 0 Å². The summed E-state index contributed by atoms with van der Waals surface area (Å²) in [6.45, 7) is 5.94. The largest absolute Gasteiger partial charge is 0.305 e. The zero-order valence-electron chi connectivity index (χ0n) is 16.6. The molecule has 0 aliphatic heterocycles. The standard InChI is InChI=1S/C21H24N4O3S/c1-4-5-17-13-20(24-23-17)22-21(26)16-7-10-19(11-8-16)29(27,28)25-18-9-6-14(2)15(3)12-18/h6-13,25H,4-5H2,1-3H3,(H2,22,23,24,26). The minimum Gasteiger partial charge on any atom is -0.305 e. The summed E-state index contributed by atoms with van der Waals surface area (Å²) < 4.78 is 27.8. The fraction of sp³-hybridized carbons (Fsp3) is 0.238. The van der Waals surface area contributed by atoms with Gasteiger partial charge in [-0.25, -0.2) is 8.42 Å². The topological polar surface area (TPSA) is 104 Å². The quantitative estimate of drug-likeness (QED) is 0.545. The van der Waals surface area contributed by atoms with Crippen LogP contribution in [0.3, 0.4) is 0 Å². The molecule has 3 N–H and O–H groups in total. The molecule has 0 saturated carbocycles. The maximum Gasteiger partial charge on any atom is 0.261 e. The van der Waals surface area contributed by atoms with Crippen molar-refractivity contribution < 1.29 is 13.2 Å². The lowest BCUT2D eigenvalue weighted by molar-refractivity contribution is 0.102. The third-order valence-corrected chi connectivity index (χ3v) is 5.97. The molecule has 0 fully saturated rings. The van der Waals surface area contributed by atoms with Crippen molar-refractivity contribution in [1.82, 2.24) is 10.2 Å². The molecule has 2 aromatic carbocycles. The van der Waals surface area contributed by atoms with Crippen molar-refractivity contribution in [2.24, 2.45) is 0 Å². The summed E-state index contributed by atoms with van der Waals surface area (Å²) in [5.41, 5.74) is 3.87. The van der Waals surface area contributed by atoms with E-state index in [1.165, 1.54) is 24.3 Å². The summed E-state index contributed by atoms with van der Waals surface area (Å²) in [7, 11) is -3.75. The summed E-state index contributed by atoms with van der Waals surface area (Å²) in [5, 5.41) is 9.63. The van der Waals surface area contributed by atoms with Crippen LogP contribution in [0, 0.1) is 13.8 Å². The van der Waals surface area contributed by atoms with Gasteiger partial charge >= 0.3 is 0 Å². The number of nitrogens with one attached hydrogen (secondary N) is 3. The molecule has 0 spiro atoms. The monoisotopic (exact) mass is 412 g/mol. The first-order chi connectivity index (χ1) is 13.8. The van der Waals surface area contributed by atoms with Gasteiger partial charge in [0.05, 0.1) is 4.90 Å². The first-order valence-electron chi connectivity index (χ1n) is 9.34. The summed E-state index contributed by atoms with van der Waals surface area (Å²) in [5.74, 6) is 0.0807. The smallest absolute Gasteiger partial charge is 0.261 e. The Kier molecular flexibility index (Phi) is 6.03. The molecular weight excluding hydrogens is 388 g/mol. The highest BCUT2D eigenvalue weighted by molar-refractivity contribution is 7.92. The molecule has 8 heteroatoms. The molecule has 1 heterocycles. The van der Waals surface area contributed by atoms with E-state index in [2.05, 4.69) is 27.2 Å². The Balaban J connectivity index is 1.70. The highest BCUT2D eigenvalue weighted by Crippen LogP contribution is 2.20. The zero-order chi connectivity index (χ0) is 21.0. The maximum absolute atomic E-state index is 12.6. The number of amides is 1. The average Bonchev–Trinajstić information content (AvgIpc) is 3.12. The predicted molar refractivity (Wildman–Crippen MR) is 114 cm³/mol. The van der Waals surface area contributed by atoms with Crippen molar-refractivity contribution in [3.63, 3.8) is 0 Å². The number of carbonyl (C=O) groups excluding carboxylic acids is 1. The molecule has 7 nitrogen and oxygen atoms in total. The molecule has 0 unspecified atom stereocenters. The van der Waals surface area contributed by atoms with Crippen LogP contribution in [0.25, 0.3) is 0 Å². The first-order valence-corrected chi connectivity index (χ1v) is 10.8. The van der Waals surface area contributed by atoms with Crippen molar-refractivity contribution in [2.75, 3.05) is 10.0 Å². The Morgan fingerprint density at radius 3 is 2.41 bits per heavy atom. The van der Waals surface area contributed by atoms with E-state index >= 15 is 0 Å². The average molecular weight is 413 g/mol. The van der Waals surface area contributed by atoms with E-state index in [0.717, 1.165) is 29.7 Å². The summed E-state index contributed by atoms with van der Waals surface area (Å²) in [6.07, 6.45) is 1.82. The number of carbonyl (C=O) groups is 1. The fourth-order valence-electron chi connectivity index (χ4n) is 2.82. The van der Waals surface area contributed by atoms with E-state index in [0.29, 0.717) is 17.1 Å². The Bertz CT molecular complexity index is 1120. The fourth-order valence-corrected chi connectivity index (χ4v) is 3.87. The van der Waals surface area contributed by atoms with Crippen LogP contribution in [-0.4, -0.2) is 24.5 Å². The third-order valence-electron chi connectivity index (χ3n) is 4.58. The van der Waals surface area contributed by atoms with Gasteiger partial charge in [0.25, 0.3) is 15.9 Å². The van der Waals surface area contributed by atoms with E-state index in [9.17, 15) is 13.2 Å². The number of aryl methyl sites for hydroxylation is 3. The van der Waals surface area contributed by atoms with Crippen LogP contribution in [0.1, 0.15) is 40.5 Å². The van der Waals surface area contributed by atoms with Crippen molar-refractivity contribution >= 4 is 27.4 Å². The molecule has 0 radical (unpaired) electrons. The van der Waals surface area contributed by atoms with Crippen LogP contribution < -0.4 is 10.0 Å². The Labute approximate surface area is 170 Å². The van der Waals surface area contributed by atoms with Crippen molar-refractivity contribution in [1.29, 1.82) is 0 Å². The van der Waals surface area contributed by atoms with Crippen LogP contribution in [0.2, 0.25) is 0 Å². The molecule has 1 aromatic heterocycles. The molecule has 29 heavy (non-hydrogen) atoms. The third kappa shape index (κ3) is 5.03. The van der Waals surface area contributed by atoms with Gasteiger partial charge < -0.3 is 5.32 Å². The lowest BCUT2D eigenvalue weighted by Gasteiger charge is -2.10. The molecule has 0 saturated heterocycles. The van der Waals surface area contributed by atoms with Crippen LogP contribution in [0.4, 0.5) is 11.5 Å².